The monoisotopic (exact) mass is 712 g/mol. The van der Waals surface area contributed by atoms with Crippen LogP contribution in [0.15, 0.2) is 140 Å². The predicted octanol–water partition coefficient (Wildman–Crippen LogP) is 12.6. The lowest BCUT2D eigenvalue weighted by atomic mass is 9.33. The third kappa shape index (κ3) is 5.89. The zero-order valence-electron chi connectivity index (χ0n) is 33.4. The molecule has 0 aliphatic carbocycles. The minimum Gasteiger partial charge on any atom is -0.311 e. The van der Waals surface area contributed by atoms with Gasteiger partial charge in [0.15, 0.2) is 0 Å². The van der Waals surface area contributed by atoms with E-state index in [0.717, 1.165) is 0 Å². The maximum absolute atomic E-state index is 2.58. The lowest BCUT2D eigenvalue weighted by molar-refractivity contribution is 0.867. The minimum atomic E-state index is 0.0846. The average Bonchev–Trinajstić information content (AvgIpc) is 3.18. The van der Waals surface area contributed by atoms with Crippen LogP contribution in [0.4, 0.5) is 34.1 Å². The third-order valence-corrected chi connectivity index (χ3v) is 12.0. The van der Waals surface area contributed by atoms with Crippen molar-refractivity contribution in [2.24, 2.45) is 0 Å². The summed E-state index contributed by atoms with van der Waals surface area (Å²) in [5, 5.41) is 0. The first-order valence-electron chi connectivity index (χ1n) is 19.9. The molecule has 2 nitrogen and oxygen atoms in total. The molecular formula is C52H49BN2. The minimum absolute atomic E-state index is 0.0846. The highest BCUT2D eigenvalue weighted by molar-refractivity contribution is 7.00. The Morgan fingerprint density at radius 1 is 0.418 bits per heavy atom. The Balaban J connectivity index is 1.39. The van der Waals surface area contributed by atoms with Crippen molar-refractivity contribution < 1.29 is 0 Å². The highest BCUT2D eigenvalue weighted by Crippen LogP contribution is 2.47. The Labute approximate surface area is 328 Å². The molecule has 0 fully saturated rings. The number of fused-ring (bicyclic) bond motifs is 4. The highest BCUT2D eigenvalue weighted by atomic mass is 15.2. The van der Waals surface area contributed by atoms with Crippen LogP contribution in [-0.2, 0) is 0 Å². The molecule has 0 N–H and O–H groups in total. The molecule has 0 saturated heterocycles. The second-order valence-corrected chi connectivity index (χ2v) is 16.5. The van der Waals surface area contributed by atoms with Crippen molar-refractivity contribution in [3.05, 3.63) is 173 Å². The van der Waals surface area contributed by atoms with Crippen molar-refractivity contribution in [3.63, 3.8) is 0 Å². The zero-order valence-corrected chi connectivity index (χ0v) is 33.4. The molecule has 0 atom stereocenters. The summed E-state index contributed by atoms with van der Waals surface area (Å²) in [6.07, 6.45) is 0. The van der Waals surface area contributed by atoms with Crippen molar-refractivity contribution in [3.8, 4) is 22.3 Å². The second kappa shape index (κ2) is 13.5. The van der Waals surface area contributed by atoms with Gasteiger partial charge in [0.2, 0.25) is 0 Å². The lowest BCUT2D eigenvalue weighted by Crippen LogP contribution is -2.61. The van der Waals surface area contributed by atoms with Crippen LogP contribution >= 0.6 is 0 Å². The summed E-state index contributed by atoms with van der Waals surface area (Å²) < 4.78 is 0. The van der Waals surface area contributed by atoms with E-state index in [4.69, 9.17) is 0 Å². The van der Waals surface area contributed by atoms with E-state index in [9.17, 15) is 0 Å². The van der Waals surface area contributed by atoms with Gasteiger partial charge >= 0.3 is 0 Å². The molecule has 3 heteroatoms. The molecule has 0 radical (unpaired) electrons. The third-order valence-electron chi connectivity index (χ3n) is 12.0. The number of anilines is 6. The largest absolute Gasteiger partial charge is 0.311 e. The second-order valence-electron chi connectivity index (χ2n) is 16.5. The molecule has 0 saturated carbocycles. The first-order valence-corrected chi connectivity index (χ1v) is 19.9. The molecule has 0 spiro atoms. The van der Waals surface area contributed by atoms with E-state index in [1.807, 2.05) is 0 Å². The van der Waals surface area contributed by atoms with Gasteiger partial charge < -0.3 is 9.80 Å². The average molecular weight is 713 g/mol. The molecule has 55 heavy (non-hydrogen) atoms. The number of rotatable bonds is 6. The summed E-state index contributed by atoms with van der Waals surface area (Å²) in [6, 6.07) is 53.2. The Kier molecular flexibility index (Phi) is 8.58. The molecule has 2 aliphatic heterocycles. The number of hydrogen-bond donors (Lipinski definition) is 0. The molecule has 270 valence electrons. The Hall–Kier alpha value is -5.80. The van der Waals surface area contributed by atoms with Crippen LogP contribution in [0.1, 0.15) is 72.9 Å². The summed E-state index contributed by atoms with van der Waals surface area (Å²) in [4.78, 5) is 5.11. The summed E-state index contributed by atoms with van der Waals surface area (Å²) in [6.45, 7) is 18.2. The van der Waals surface area contributed by atoms with Crippen LogP contribution in [0, 0.1) is 27.7 Å². The standard InChI is InChI=1S/C52H49BN2/c1-32(2)38-19-23-48-46(30-38)53-47-31-39(33(3)4)20-24-49(47)55(51-26-35(6)25-50(52(51)53)54(48)42-21-17-34(5)18-22-42)43-28-40(44-15-11-9-13-36(44)7)27-41(29-43)45-16-12-10-14-37(45)8/h9-33H,1-8H3. The number of hydrogen-bond acceptors (Lipinski definition) is 2. The number of aryl methyl sites for hydroxylation is 4. The Morgan fingerprint density at radius 2 is 0.891 bits per heavy atom. The summed E-state index contributed by atoms with van der Waals surface area (Å²) in [5.74, 6) is 0.825. The lowest BCUT2D eigenvalue weighted by Gasteiger charge is -2.45. The Morgan fingerprint density at radius 3 is 1.36 bits per heavy atom. The van der Waals surface area contributed by atoms with Gasteiger partial charge in [-0.15, -0.1) is 0 Å². The van der Waals surface area contributed by atoms with Crippen molar-refractivity contribution in [2.45, 2.75) is 67.2 Å². The van der Waals surface area contributed by atoms with Crippen LogP contribution in [0.5, 0.6) is 0 Å². The fourth-order valence-corrected chi connectivity index (χ4v) is 8.99. The first-order chi connectivity index (χ1) is 26.6. The normalized spacial score (nSPS) is 12.9. The van der Waals surface area contributed by atoms with Crippen LogP contribution < -0.4 is 26.2 Å². The SMILES string of the molecule is Cc1ccc(N2c3ccc(C(C)C)cc3B3c4cc(C(C)C)ccc4N(c4cc(-c5ccccc5C)cc(-c5ccccc5C)c4)c4cc(C)cc2c43)cc1. The molecule has 0 amide bonds. The van der Waals surface area contributed by atoms with E-state index in [1.54, 1.807) is 0 Å². The maximum Gasteiger partial charge on any atom is 0.252 e. The number of benzene rings is 7. The molecule has 7 aromatic carbocycles. The summed E-state index contributed by atoms with van der Waals surface area (Å²) >= 11 is 0. The first kappa shape index (κ1) is 34.9. The highest BCUT2D eigenvalue weighted by Gasteiger charge is 2.44. The van der Waals surface area contributed by atoms with Crippen LogP contribution in [0.25, 0.3) is 22.3 Å². The van der Waals surface area contributed by atoms with Crippen LogP contribution in [0.2, 0.25) is 0 Å². The van der Waals surface area contributed by atoms with Crippen molar-refractivity contribution in [1.82, 2.24) is 0 Å². The molecule has 2 aliphatic rings. The van der Waals surface area contributed by atoms with Crippen molar-refractivity contribution >= 4 is 57.2 Å². The molecule has 0 unspecified atom stereocenters. The molecule has 7 aromatic rings. The van der Waals surface area contributed by atoms with Gasteiger partial charge in [-0.05, 0) is 161 Å². The van der Waals surface area contributed by atoms with E-state index in [1.165, 1.54) is 106 Å². The van der Waals surface area contributed by atoms with Crippen molar-refractivity contribution in [2.75, 3.05) is 9.80 Å². The quantitative estimate of drug-likeness (QED) is 0.158. The smallest absolute Gasteiger partial charge is 0.252 e. The van der Waals surface area contributed by atoms with Gasteiger partial charge in [0.25, 0.3) is 6.71 Å². The molecule has 2 heterocycles. The molecule has 0 bridgehead atoms. The molecule has 0 aromatic heterocycles. The van der Waals surface area contributed by atoms with Crippen LogP contribution in [0.3, 0.4) is 0 Å². The van der Waals surface area contributed by atoms with Gasteiger partial charge in [0.05, 0.1) is 0 Å². The fourth-order valence-electron chi connectivity index (χ4n) is 8.99. The fraction of sp³-hybridized carbons (Fsp3) is 0.192. The van der Waals surface area contributed by atoms with Gasteiger partial charge in [-0.3, -0.25) is 0 Å². The van der Waals surface area contributed by atoms with E-state index in [-0.39, 0.29) is 6.71 Å². The van der Waals surface area contributed by atoms with Gasteiger partial charge in [-0.2, -0.15) is 0 Å². The van der Waals surface area contributed by atoms with Gasteiger partial charge in [-0.1, -0.05) is 118 Å². The van der Waals surface area contributed by atoms with Gasteiger partial charge in [0, 0.05) is 34.1 Å². The summed E-state index contributed by atoms with van der Waals surface area (Å²) in [7, 11) is 0. The predicted molar refractivity (Wildman–Crippen MR) is 238 cm³/mol. The van der Waals surface area contributed by atoms with E-state index in [2.05, 4.69) is 205 Å². The zero-order chi connectivity index (χ0) is 38.1. The Bertz CT molecular complexity index is 2550. The number of nitrogens with zero attached hydrogens (tertiary/aromatic N) is 2. The van der Waals surface area contributed by atoms with E-state index in [0.29, 0.717) is 11.8 Å². The van der Waals surface area contributed by atoms with E-state index < -0.39 is 0 Å². The van der Waals surface area contributed by atoms with Crippen LogP contribution in [-0.4, -0.2) is 6.71 Å². The van der Waals surface area contributed by atoms with Gasteiger partial charge in [0.1, 0.15) is 0 Å². The topological polar surface area (TPSA) is 6.48 Å². The van der Waals surface area contributed by atoms with Gasteiger partial charge in [-0.25, -0.2) is 0 Å². The van der Waals surface area contributed by atoms with E-state index >= 15 is 0 Å². The maximum atomic E-state index is 2.58. The molecule has 9 rings (SSSR count). The van der Waals surface area contributed by atoms with Crippen molar-refractivity contribution in [1.29, 1.82) is 0 Å². The molecular weight excluding hydrogens is 663 g/mol. The summed E-state index contributed by atoms with van der Waals surface area (Å²) in [5.41, 5.74) is 24.3.